The quantitative estimate of drug-likeness (QED) is 0.224. The van der Waals surface area contributed by atoms with Crippen molar-refractivity contribution < 1.29 is 56.9 Å². The van der Waals surface area contributed by atoms with Crippen molar-refractivity contribution in [3.63, 3.8) is 0 Å². The maximum atomic E-state index is 11.4. The summed E-state index contributed by atoms with van der Waals surface area (Å²) in [4.78, 5) is 0. The van der Waals surface area contributed by atoms with Gasteiger partial charge in [0, 0.05) is 0 Å². The van der Waals surface area contributed by atoms with Crippen molar-refractivity contribution in [1.29, 1.82) is 0 Å². The maximum Gasteiger partial charge on any atom is 1.00 e. The Labute approximate surface area is 229 Å². The average Bonchev–Trinajstić information content (AvgIpc) is 3.08. The van der Waals surface area contributed by atoms with E-state index in [2.05, 4.69) is 25.0 Å². The summed E-state index contributed by atoms with van der Waals surface area (Å²) in [6.07, 6.45) is 11.9. The second kappa shape index (κ2) is 11.3. The molecule has 0 aliphatic heterocycles. The maximum absolute atomic E-state index is 11.4. The molecule has 0 unspecified atom stereocenters. The first-order valence-electron chi connectivity index (χ1n) is 13.4. The van der Waals surface area contributed by atoms with E-state index in [9.17, 15) is 23.2 Å². The van der Waals surface area contributed by atoms with Crippen LogP contribution in [0.5, 0.6) is 0 Å². The van der Waals surface area contributed by atoms with Crippen molar-refractivity contribution in [3.05, 3.63) is 0 Å². The molecule has 192 valence electrons. The van der Waals surface area contributed by atoms with Gasteiger partial charge in [0.15, 0.2) is 0 Å². The smallest absolute Gasteiger partial charge is 0.726 e. The molecule has 4 aliphatic carbocycles. The molecule has 34 heavy (non-hydrogen) atoms. The van der Waals surface area contributed by atoms with Gasteiger partial charge in [0.25, 0.3) is 0 Å². The van der Waals surface area contributed by atoms with Crippen LogP contribution in [0.4, 0.5) is 0 Å². The first-order chi connectivity index (χ1) is 15.5. The summed E-state index contributed by atoms with van der Waals surface area (Å²) in [5, 5.41) is 21.6. The number of rotatable bonds is 8. The molecule has 2 N–H and O–H groups in total. The van der Waals surface area contributed by atoms with E-state index >= 15 is 0 Å². The number of aliphatic hydroxyl groups is 2. The van der Waals surface area contributed by atoms with Gasteiger partial charge in [-0.05, 0) is 104 Å². The van der Waals surface area contributed by atoms with E-state index in [1.807, 2.05) is 0 Å². The fourth-order valence-corrected chi connectivity index (χ4v) is 9.60. The minimum atomic E-state index is -4.57. The SMILES string of the molecule is C[C@H](CCCCCOS(=O)(=O)[O-])[C@H]1CC[C@H]2[C@@H]3[C@H](O)C[C@@H]4C[C@H](O)CC[C@]4(C)[C@H]3CC[C@]12C.[Na+]. The van der Waals surface area contributed by atoms with Crippen LogP contribution in [0, 0.1) is 46.3 Å². The van der Waals surface area contributed by atoms with Crippen LogP contribution in [0.2, 0.25) is 0 Å². The third kappa shape index (κ3) is 5.77. The van der Waals surface area contributed by atoms with Gasteiger partial charge in [-0.3, -0.25) is 4.18 Å². The molecule has 6 nitrogen and oxygen atoms in total. The Kier molecular flexibility index (Phi) is 9.72. The molecule has 0 heterocycles. The Hall–Kier alpha value is 0.790. The summed E-state index contributed by atoms with van der Waals surface area (Å²) >= 11 is 0. The summed E-state index contributed by atoms with van der Waals surface area (Å²) < 4.78 is 35.9. The molecule has 0 amide bonds. The molecule has 0 spiro atoms. The molecular weight excluding hydrogens is 463 g/mol. The van der Waals surface area contributed by atoms with E-state index < -0.39 is 10.4 Å². The zero-order valence-electron chi connectivity index (χ0n) is 21.7. The van der Waals surface area contributed by atoms with Crippen molar-refractivity contribution in [2.24, 2.45) is 46.3 Å². The zero-order valence-corrected chi connectivity index (χ0v) is 24.6. The van der Waals surface area contributed by atoms with Gasteiger partial charge < -0.3 is 14.8 Å². The molecule has 0 radical (unpaired) electrons. The number of hydrogen-bond donors (Lipinski definition) is 2. The second-order valence-corrected chi connectivity index (χ2v) is 13.6. The van der Waals surface area contributed by atoms with Crippen LogP contribution in [0.25, 0.3) is 0 Å². The minimum absolute atomic E-state index is 0. The molecule has 4 rings (SSSR count). The third-order valence-electron chi connectivity index (χ3n) is 10.9. The first kappa shape index (κ1) is 29.3. The third-order valence-corrected chi connectivity index (χ3v) is 11.4. The summed E-state index contributed by atoms with van der Waals surface area (Å²) in [7, 11) is -4.57. The number of unbranched alkanes of at least 4 members (excludes halogenated alkanes) is 2. The van der Waals surface area contributed by atoms with Crippen molar-refractivity contribution in [1.82, 2.24) is 0 Å². The predicted molar refractivity (Wildman–Crippen MR) is 126 cm³/mol. The standard InChI is InChI=1S/C26H46O6S.Na/c1-17(7-5-4-6-14-32-33(29,30)31)20-8-9-21-24-22(11-13-26(20,21)3)25(2)12-10-19(27)15-18(25)16-23(24)28;/h17-24,27-28H,4-16H2,1-3H3,(H,29,30,31);/q;+1/p-1/t17-,18+,19-,20-,21+,22+,23-,24+,25+,26-;/m1./s1. The van der Waals surface area contributed by atoms with E-state index in [0.717, 1.165) is 44.9 Å². The Morgan fingerprint density at radius 2 is 1.65 bits per heavy atom. The van der Waals surface area contributed by atoms with E-state index in [0.29, 0.717) is 47.3 Å². The van der Waals surface area contributed by atoms with Crippen LogP contribution < -0.4 is 29.6 Å². The van der Waals surface area contributed by atoms with E-state index in [4.69, 9.17) is 0 Å². The van der Waals surface area contributed by atoms with Gasteiger partial charge in [-0.15, -0.1) is 0 Å². The van der Waals surface area contributed by atoms with Crippen molar-refractivity contribution >= 4 is 10.4 Å². The Morgan fingerprint density at radius 3 is 2.35 bits per heavy atom. The van der Waals surface area contributed by atoms with E-state index in [1.165, 1.54) is 25.7 Å². The van der Waals surface area contributed by atoms with Gasteiger partial charge >= 0.3 is 29.6 Å². The van der Waals surface area contributed by atoms with Crippen LogP contribution in [0.15, 0.2) is 0 Å². The second-order valence-electron chi connectivity index (χ2n) is 12.5. The largest absolute Gasteiger partial charge is 1.00 e. The van der Waals surface area contributed by atoms with E-state index in [1.54, 1.807) is 0 Å². The summed E-state index contributed by atoms with van der Waals surface area (Å²) in [5.74, 6) is 3.33. The van der Waals surface area contributed by atoms with Gasteiger partial charge in [0.05, 0.1) is 18.8 Å². The molecule has 4 fully saturated rings. The van der Waals surface area contributed by atoms with Crippen molar-refractivity contribution in [2.75, 3.05) is 6.61 Å². The number of fused-ring (bicyclic) bond motifs is 5. The predicted octanol–water partition coefficient (Wildman–Crippen LogP) is 1.65. The summed E-state index contributed by atoms with van der Waals surface area (Å²) in [6.45, 7) is 7.33. The molecular formula is C26H45NaO6S. The van der Waals surface area contributed by atoms with Gasteiger partial charge in [0.2, 0.25) is 10.4 Å². The van der Waals surface area contributed by atoms with Gasteiger partial charge in [-0.25, -0.2) is 8.42 Å². The fraction of sp³-hybridized carbons (Fsp3) is 1.00. The first-order valence-corrected chi connectivity index (χ1v) is 14.8. The van der Waals surface area contributed by atoms with Crippen LogP contribution in [-0.4, -0.2) is 42.0 Å². The van der Waals surface area contributed by atoms with Gasteiger partial charge in [0.1, 0.15) is 0 Å². The van der Waals surface area contributed by atoms with Gasteiger partial charge in [-0.1, -0.05) is 40.0 Å². The number of hydrogen-bond acceptors (Lipinski definition) is 6. The van der Waals surface area contributed by atoms with Crippen LogP contribution in [-0.2, 0) is 14.6 Å². The molecule has 10 atom stereocenters. The average molecular weight is 509 g/mol. The Balaban J connectivity index is 0.00000324. The number of aliphatic hydroxyl groups excluding tert-OH is 2. The molecule has 0 saturated heterocycles. The zero-order chi connectivity index (χ0) is 24.0. The van der Waals surface area contributed by atoms with Crippen molar-refractivity contribution in [2.45, 2.75) is 110 Å². The Bertz CT molecular complexity index is 792. The summed E-state index contributed by atoms with van der Waals surface area (Å²) in [5.41, 5.74) is 0.562. The molecule has 0 bridgehead atoms. The topological polar surface area (TPSA) is 107 Å². The monoisotopic (exact) mass is 508 g/mol. The molecule has 0 aromatic carbocycles. The minimum Gasteiger partial charge on any atom is -0.726 e. The van der Waals surface area contributed by atoms with Crippen LogP contribution in [0.3, 0.4) is 0 Å². The Morgan fingerprint density at radius 1 is 0.971 bits per heavy atom. The summed E-state index contributed by atoms with van der Waals surface area (Å²) in [6, 6.07) is 0. The van der Waals surface area contributed by atoms with Crippen molar-refractivity contribution in [3.8, 4) is 0 Å². The molecule has 8 heteroatoms. The van der Waals surface area contributed by atoms with Crippen LogP contribution >= 0.6 is 0 Å². The van der Waals surface area contributed by atoms with E-state index in [-0.39, 0.29) is 53.8 Å². The van der Waals surface area contributed by atoms with Crippen LogP contribution in [0.1, 0.15) is 97.8 Å². The fourth-order valence-electron chi connectivity index (χ4n) is 9.28. The normalized spacial score (nSPS) is 44.9. The molecule has 0 aromatic heterocycles. The molecule has 0 aromatic rings. The molecule has 4 aliphatic rings. The molecule has 4 saturated carbocycles. The van der Waals surface area contributed by atoms with Gasteiger partial charge in [-0.2, -0.15) is 0 Å².